The van der Waals surface area contributed by atoms with Crippen LogP contribution in [0.25, 0.3) is 10.9 Å². The molecule has 0 aliphatic carbocycles. The molecule has 2 aromatic heterocycles. The number of aryl methyl sites for hydroxylation is 1. The predicted octanol–water partition coefficient (Wildman–Crippen LogP) is 5.47. The molecule has 0 spiro atoms. The van der Waals surface area contributed by atoms with Crippen LogP contribution < -0.4 is 5.32 Å². The van der Waals surface area contributed by atoms with E-state index in [1.54, 1.807) is 0 Å². The lowest BCUT2D eigenvalue weighted by Gasteiger charge is -2.17. The number of carboxylic acid groups (broad SMARTS) is 1. The summed E-state index contributed by atoms with van der Waals surface area (Å²) in [4.78, 5) is 28.8. The molecule has 2 aromatic carbocycles. The highest BCUT2D eigenvalue weighted by molar-refractivity contribution is 5.88. The number of aromatic carboxylic acids is 1. The van der Waals surface area contributed by atoms with E-state index < -0.39 is 18.1 Å². The lowest BCUT2D eigenvalue weighted by Crippen LogP contribution is -2.30. The summed E-state index contributed by atoms with van der Waals surface area (Å²) < 4.78 is 13.3. The lowest BCUT2D eigenvalue weighted by molar-refractivity contribution is 0.0689. The second-order valence-corrected chi connectivity index (χ2v) is 8.98. The van der Waals surface area contributed by atoms with Crippen molar-refractivity contribution in [1.82, 2.24) is 14.9 Å². The number of nitrogens with zero attached hydrogens (tertiary/aromatic N) is 2. The standard InChI is InChI=1S/C27H29N3O5/c1-17(2)13-21(28-27(33)34-16-18-9-5-4-6-10-18)25-29-24(26(31)32)23(35-25)14-19-15-30(3)22-12-8-7-11-20(19)22/h4-12,15,17,21H,13-14,16H2,1-3H3,(H,28,33)(H,31,32)/t21-/m0/s1. The minimum absolute atomic E-state index is 0.124. The number of fused-ring (bicyclic) bond motifs is 1. The Morgan fingerprint density at radius 1 is 1.11 bits per heavy atom. The van der Waals surface area contributed by atoms with Crippen molar-refractivity contribution in [2.75, 3.05) is 0 Å². The van der Waals surface area contributed by atoms with Gasteiger partial charge in [-0.05, 0) is 29.5 Å². The molecule has 0 radical (unpaired) electrons. The number of hydrogen-bond acceptors (Lipinski definition) is 5. The average Bonchev–Trinajstić information content (AvgIpc) is 3.40. The quantitative estimate of drug-likeness (QED) is 0.332. The van der Waals surface area contributed by atoms with E-state index in [0.717, 1.165) is 22.0 Å². The average molecular weight is 476 g/mol. The highest BCUT2D eigenvalue weighted by atomic mass is 16.5. The van der Waals surface area contributed by atoms with Crippen molar-refractivity contribution < 1.29 is 23.8 Å². The summed E-state index contributed by atoms with van der Waals surface area (Å²) in [7, 11) is 1.94. The first-order valence-corrected chi connectivity index (χ1v) is 11.5. The number of aromatic nitrogens is 2. The van der Waals surface area contributed by atoms with Gasteiger partial charge in [0, 0.05) is 30.6 Å². The fourth-order valence-corrected chi connectivity index (χ4v) is 4.15. The first-order valence-electron chi connectivity index (χ1n) is 11.5. The van der Waals surface area contributed by atoms with Crippen molar-refractivity contribution >= 4 is 23.0 Å². The number of hydrogen-bond donors (Lipinski definition) is 2. The number of ether oxygens (including phenoxy) is 1. The summed E-state index contributed by atoms with van der Waals surface area (Å²) in [6, 6.07) is 16.6. The van der Waals surface area contributed by atoms with Gasteiger partial charge >= 0.3 is 12.1 Å². The zero-order valence-corrected chi connectivity index (χ0v) is 20.0. The fourth-order valence-electron chi connectivity index (χ4n) is 4.15. The lowest BCUT2D eigenvalue weighted by atomic mass is 10.0. The molecular weight excluding hydrogens is 446 g/mol. The Labute approximate surface area is 203 Å². The van der Waals surface area contributed by atoms with Crippen molar-refractivity contribution in [1.29, 1.82) is 0 Å². The Kier molecular flexibility index (Phi) is 7.19. The summed E-state index contributed by atoms with van der Waals surface area (Å²) in [5, 5.41) is 13.6. The smallest absolute Gasteiger partial charge is 0.408 e. The Hall–Kier alpha value is -4.07. The van der Waals surface area contributed by atoms with Crippen molar-refractivity contribution in [2.45, 2.75) is 39.3 Å². The molecule has 35 heavy (non-hydrogen) atoms. The molecule has 182 valence electrons. The van der Waals surface area contributed by atoms with Crippen LogP contribution in [-0.2, 0) is 24.8 Å². The molecule has 0 unspecified atom stereocenters. The van der Waals surface area contributed by atoms with Crippen LogP contribution in [0.15, 0.2) is 65.2 Å². The van der Waals surface area contributed by atoms with E-state index in [1.165, 1.54) is 0 Å². The maximum absolute atomic E-state index is 12.5. The summed E-state index contributed by atoms with van der Waals surface area (Å²) in [5.74, 6) is -0.582. The number of oxazole rings is 1. The minimum Gasteiger partial charge on any atom is -0.476 e. The van der Waals surface area contributed by atoms with Gasteiger partial charge in [-0.1, -0.05) is 62.4 Å². The molecule has 4 aromatic rings. The van der Waals surface area contributed by atoms with Gasteiger partial charge in [-0.2, -0.15) is 0 Å². The maximum atomic E-state index is 12.5. The number of nitrogens with one attached hydrogen (secondary N) is 1. The molecule has 1 atom stereocenters. The molecule has 0 saturated heterocycles. The molecule has 8 heteroatoms. The van der Waals surface area contributed by atoms with Crippen LogP contribution in [0.5, 0.6) is 0 Å². The third kappa shape index (κ3) is 5.71. The molecule has 0 aliphatic rings. The predicted molar refractivity (Wildman–Crippen MR) is 131 cm³/mol. The topological polar surface area (TPSA) is 107 Å². The fraction of sp³-hybridized carbons (Fsp3) is 0.296. The number of amides is 1. The van der Waals surface area contributed by atoms with Gasteiger partial charge in [0.2, 0.25) is 5.89 Å². The summed E-state index contributed by atoms with van der Waals surface area (Å²) >= 11 is 0. The van der Waals surface area contributed by atoms with Gasteiger partial charge in [0.15, 0.2) is 5.69 Å². The SMILES string of the molecule is CC(C)C[C@H](NC(=O)OCc1ccccc1)c1nc(C(=O)O)c(Cc2cn(C)c3ccccc23)o1. The molecule has 2 heterocycles. The van der Waals surface area contributed by atoms with Crippen molar-refractivity contribution in [3.05, 3.63) is 89.3 Å². The largest absolute Gasteiger partial charge is 0.476 e. The first-order chi connectivity index (χ1) is 16.8. The number of carboxylic acids is 1. The molecule has 0 aliphatic heterocycles. The number of rotatable bonds is 9. The molecule has 4 rings (SSSR count). The molecule has 1 amide bonds. The number of para-hydroxylation sites is 1. The molecule has 0 saturated carbocycles. The summed E-state index contributed by atoms with van der Waals surface area (Å²) in [6.07, 6.45) is 2.12. The van der Waals surface area contributed by atoms with Gasteiger partial charge in [0.05, 0.1) is 0 Å². The van der Waals surface area contributed by atoms with Gasteiger partial charge in [-0.15, -0.1) is 0 Å². The van der Waals surface area contributed by atoms with Crippen LogP contribution >= 0.6 is 0 Å². The van der Waals surface area contributed by atoms with Gasteiger partial charge in [0.1, 0.15) is 18.4 Å². The molecular formula is C27H29N3O5. The van der Waals surface area contributed by atoms with E-state index >= 15 is 0 Å². The molecule has 0 bridgehead atoms. The van der Waals surface area contributed by atoms with Crippen LogP contribution in [0.2, 0.25) is 0 Å². The number of carbonyl (C=O) groups is 2. The van der Waals surface area contributed by atoms with Crippen LogP contribution in [0.3, 0.4) is 0 Å². The van der Waals surface area contributed by atoms with E-state index in [2.05, 4.69) is 10.3 Å². The van der Waals surface area contributed by atoms with Crippen LogP contribution in [-0.4, -0.2) is 26.7 Å². The van der Waals surface area contributed by atoms with Crippen LogP contribution in [0, 0.1) is 5.92 Å². The number of benzene rings is 2. The van der Waals surface area contributed by atoms with E-state index in [1.807, 2.05) is 86.3 Å². The normalized spacial score (nSPS) is 12.1. The van der Waals surface area contributed by atoms with Crippen LogP contribution in [0.4, 0.5) is 4.79 Å². The van der Waals surface area contributed by atoms with E-state index in [9.17, 15) is 14.7 Å². The second kappa shape index (κ2) is 10.5. The van der Waals surface area contributed by atoms with E-state index in [4.69, 9.17) is 9.15 Å². The van der Waals surface area contributed by atoms with Crippen molar-refractivity contribution in [3.63, 3.8) is 0 Å². The second-order valence-electron chi connectivity index (χ2n) is 8.98. The Bertz CT molecular complexity index is 1320. The first kappa shape index (κ1) is 24.1. The van der Waals surface area contributed by atoms with Gasteiger partial charge < -0.3 is 24.1 Å². The van der Waals surface area contributed by atoms with Gasteiger partial charge in [-0.3, -0.25) is 0 Å². The zero-order chi connectivity index (χ0) is 24.9. The molecule has 0 fully saturated rings. The minimum atomic E-state index is -1.18. The van der Waals surface area contributed by atoms with Gasteiger partial charge in [0.25, 0.3) is 0 Å². The maximum Gasteiger partial charge on any atom is 0.408 e. The summed E-state index contributed by atoms with van der Waals surface area (Å²) in [5.41, 5.74) is 2.69. The molecule has 2 N–H and O–H groups in total. The van der Waals surface area contributed by atoms with Gasteiger partial charge in [-0.25, -0.2) is 14.6 Å². The molecule has 8 nitrogen and oxygen atoms in total. The highest BCUT2D eigenvalue weighted by Gasteiger charge is 2.27. The third-order valence-corrected chi connectivity index (χ3v) is 5.76. The van der Waals surface area contributed by atoms with E-state index in [0.29, 0.717) is 6.42 Å². The van der Waals surface area contributed by atoms with Crippen LogP contribution in [0.1, 0.15) is 59.6 Å². The van der Waals surface area contributed by atoms with Crippen molar-refractivity contribution in [3.8, 4) is 0 Å². The monoisotopic (exact) mass is 475 g/mol. The summed E-state index contributed by atoms with van der Waals surface area (Å²) in [6.45, 7) is 4.13. The zero-order valence-electron chi connectivity index (χ0n) is 20.0. The number of carbonyl (C=O) groups excluding carboxylic acids is 1. The van der Waals surface area contributed by atoms with Crippen molar-refractivity contribution in [2.24, 2.45) is 13.0 Å². The Morgan fingerprint density at radius 3 is 2.54 bits per heavy atom. The highest BCUT2D eigenvalue weighted by Crippen LogP contribution is 2.28. The Balaban J connectivity index is 1.57. The Morgan fingerprint density at radius 2 is 1.83 bits per heavy atom. The number of alkyl carbamates (subject to hydrolysis) is 1. The van der Waals surface area contributed by atoms with E-state index in [-0.39, 0.29) is 36.3 Å². The third-order valence-electron chi connectivity index (χ3n) is 5.76.